The summed E-state index contributed by atoms with van der Waals surface area (Å²) in [4.78, 5) is 7.01. The summed E-state index contributed by atoms with van der Waals surface area (Å²) in [6.07, 6.45) is 5.77. The molecule has 4 aromatic carbocycles. The van der Waals surface area contributed by atoms with Crippen molar-refractivity contribution in [2.45, 2.75) is 39.4 Å². The third-order valence-corrected chi connectivity index (χ3v) is 6.86. The van der Waals surface area contributed by atoms with Crippen molar-refractivity contribution in [3.63, 3.8) is 0 Å². The van der Waals surface area contributed by atoms with Gasteiger partial charge < -0.3 is 4.57 Å². The first-order valence-electron chi connectivity index (χ1n) is 13.4. The topological polar surface area (TPSA) is 21.1 Å². The fourth-order valence-corrected chi connectivity index (χ4v) is 4.98. The Labute approximate surface area is 224 Å². The fourth-order valence-electron chi connectivity index (χ4n) is 4.98. The normalized spacial score (nSPS) is 11.9. The number of hydrogen-bond acceptors (Lipinski definition) is 2. The maximum absolute atomic E-state index is 15.4. The molecule has 0 fully saturated rings. The number of imidazole rings is 1. The van der Waals surface area contributed by atoms with Crippen LogP contribution in [0.1, 0.15) is 36.6 Å². The quantitative estimate of drug-likeness (QED) is 0.180. The van der Waals surface area contributed by atoms with Gasteiger partial charge in [-0.1, -0.05) is 116 Å². The highest BCUT2D eigenvalue weighted by Crippen LogP contribution is 2.25. The van der Waals surface area contributed by atoms with Gasteiger partial charge in [-0.15, -0.1) is 0 Å². The number of halogens is 1. The van der Waals surface area contributed by atoms with Gasteiger partial charge in [-0.3, -0.25) is 4.90 Å². The van der Waals surface area contributed by atoms with Crippen LogP contribution in [0.15, 0.2) is 115 Å². The number of fused-ring (bicyclic) bond motifs is 1. The largest absolute Gasteiger partial charge is 0.327 e. The highest BCUT2D eigenvalue weighted by atomic mass is 19.1. The molecule has 5 aromatic rings. The molecule has 1 aromatic heterocycles. The lowest BCUT2D eigenvalue weighted by molar-refractivity contribution is 0.256. The standard InChI is InChI=1S/C34H34FN3/c1-2-3-21-38-32(23-36-34(38)29-16-8-5-9-17-29)26-37(25-31(35)22-27-13-6-4-7-14-27)24-30-19-12-18-28-15-10-11-20-33(28)30/h4-20,22-23H,2-3,21,24-26H2,1H3/b31-22+. The smallest absolute Gasteiger partial charge is 0.140 e. The molecular formula is C34H34FN3. The highest BCUT2D eigenvalue weighted by Gasteiger charge is 2.17. The summed E-state index contributed by atoms with van der Waals surface area (Å²) in [7, 11) is 0. The predicted molar refractivity (Wildman–Crippen MR) is 156 cm³/mol. The van der Waals surface area contributed by atoms with Gasteiger partial charge in [0.25, 0.3) is 0 Å². The van der Waals surface area contributed by atoms with E-state index in [2.05, 4.69) is 71.0 Å². The summed E-state index contributed by atoms with van der Waals surface area (Å²) >= 11 is 0. The fraction of sp³-hybridized carbons (Fsp3) is 0.206. The van der Waals surface area contributed by atoms with Crippen molar-refractivity contribution in [3.8, 4) is 11.4 Å². The third-order valence-electron chi connectivity index (χ3n) is 6.86. The summed E-state index contributed by atoms with van der Waals surface area (Å²) in [5.74, 6) is 0.818. The third kappa shape index (κ3) is 6.27. The van der Waals surface area contributed by atoms with Gasteiger partial charge in [-0.2, -0.15) is 0 Å². The average molecular weight is 504 g/mol. The van der Waals surface area contributed by atoms with Crippen LogP contribution < -0.4 is 0 Å². The van der Waals surface area contributed by atoms with Gasteiger partial charge in [0.15, 0.2) is 0 Å². The van der Waals surface area contributed by atoms with Gasteiger partial charge in [0, 0.05) is 25.2 Å². The zero-order valence-corrected chi connectivity index (χ0v) is 21.9. The van der Waals surface area contributed by atoms with Crippen molar-refractivity contribution in [1.82, 2.24) is 14.5 Å². The molecule has 192 valence electrons. The highest BCUT2D eigenvalue weighted by molar-refractivity contribution is 5.85. The zero-order valence-electron chi connectivity index (χ0n) is 21.9. The van der Waals surface area contributed by atoms with Crippen molar-refractivity contribution in [1.29, 1.82) is 0 Å². The molecule has 1 heterocycles. The molecule has 4 heteroatoms. The van der Waals surface area contributed by atoms with Gasteiger partial charge in [0.2, 0.25) is 0 Å². The van der Waals surface area contributed by atoms with Crippen molar-refractivity contribution in [3.05, 3.63) is 132 Å². The molecule has 0 saturated heterocycles. The minimum atomic E-state index is -0.153. The lowest BCUT2D eigenvalue weighted by Crippen LogP contribution is -2.26. The van der Waals surface area contributed by atoms with Crippen molar-refractivity contribution in [2.24, 2.45) is 0 Å². The lowest BCUT2D eigenvalue weighted by atomic mass is 10.0. The Bertz CT molecular complexity index is 1480. The summed E-state index contributed by atoms with van der Waals surface area (Å²) in [5, 5.41) is 2.40. The van der Waals surface area contributed by atoms with E-state index >= 15 is 4.39 Å². The van der Waals surface area contributed by atoms with E-state index in [1.165, 1.54) is 16.3 Å². The number of rotatable bonds is 11. The van der Waals surface area contributed by atoms with Crippen LogP contribution in [0.5, 0.6) is 0 Å². The second-order valence-corrected chi connectivity index (χ2v) is 9.73. The maximum Gasteiger partial charge on any atom is 0.140 e. The number of aromatic nitrogens is 2. The first-order chi connectivity index (χ1) is 18.7. The van der Waals surface area contributed by atoms with Gasteiger partial charge in [-0.25, -0.2) is 9.37 Å². The Morgan fingerprint density at radius 2 is 1.55 bits per heavy atom. The van der Waals surface area contributed by atoms with E-state index in [1.807, 2.05) is 54.7 Å². The van der Waals surface area contributed by atoms with E-state index in [9.17, 15) is 0 Å². The van der Waals surface area contributed by atoms with E-state index in [4.69, 9.17) is 4.98 Å². The van der Waals surface area contributed by atoms with Crippen LogP contribution in [0, 0.1) is 0 Å². The van der Waals surface area contributed by atoms with Crippen molar-refractivity contribution >= 4 is 16.8 Å². The van der Waals surface area contributed by atoms with E-state index in [0.717, 1.165) is 42.0 Å². The molecule has 0 aliphatic rings. The molecule has 38 heavy (non-hydrogen) atoms. The van der Waals surface area contributed by atoms with Crippen LogP contribution >= 0.6 is 0 Å². The van der Waals surface area contributed by atoms with E-state index in [0.29, 0.717) is 13.1 Å². The molecule has 0 unspecified atom stereocenters. The Hall–Kier alpha value is -4.02. The molecule has 0 spiro atoms. The molecule has 5 rings (SSSR count). The van der Waals surface area contributed by atoms with E-state index < -0.39 is 0 Å². The molecule has 0 atom stereocenters. The number of benzene rings is 4. The van der Waals surface area contributed by atoms with Crippen LogP contribution in [0.25, 0.3) is 28.2 Å². The van der Waals surface area contributed by atoms with Crippen LogP contribution in [-0.2, 0) is 19.6 Å². The van der Waals surface area contributed by atoms with Crippen molar-refractivity contribution < 1.29 is 4.39 Å². The molecular weight excluding hydrogens is 469 g/mol. The average Bonchev–Trinajstić information content (AvgIpc) is 3.35. The van der Waals surface area contributed by atoms with E-state index in [1.54, 1.807) is 6.08 Å². The molecule has 0 saturated carbocycles. The Morgan fingerprint density at radius 1 is 0.842 bits per heavy atom. The Kier molecular flexibility index (Phi) is 8.42. The first-order valence-corrected chi connectivity index (χ1v) is 13.4. The van der Waals surface area contributed by atoms with Crippen LogP contribution in [0.3, 0.4) is 0 Å². The summed E-state index contributed by atoms with van der Waals surface area (Å²) < 4.78 is 17.7. The Balaban J connectivity index is 1.48. The van der Waals surface area contributed by atoms with Crippen LogP contribution in [-0.4, -0.2) is 21.0 Å². The Morgan fingerprint density at radius 3 is 2.34 bits per heavy atom. The number of unbranched alkanes of at least 4 members (excludes halogenated alkanes) is 1. The second-order valence-electron chi connectivity index (χ2n) is 9.73. The second kappa shape index (κ2) is 12.5. The molecule has 0 amide bonds. The SMILES string of the molecule is CCCCn1c(CN(C/C(F)=C\c2ccccc2)Cc2cccc3ccccc23)cnc1-c1ccccc1. The molecule has 0 bridgehead atoms. The molecule has 3 nitrogen and oxygen atoms in total. The molecule has 0 aliphatic carbocycles. The van der Waals surface area contributed by atoms with Gasteiger partial charge in [-0.05, 0) is 34.4 Å². The summed E-state index contributed by atoms with van der Waals surface area (Å²) in [6, 6.07) is 34.8. The first kappa shape index (κ1) is 25.6. The minimum absolute atomic E-state index is 0.153. The maximum atomic E-state index is 15.4. The zero-order chi connectivity index (χ0) is 26.2. The molecule has 0 radical (unpaired) electrons. The monoisotopic (exact) mass is 503 g/mol. The molecule has 0 aliphatic heterocycles. The predicted octanol–water partition coefficient (Wildman–Crippen LogP) is 8.52. The van der Waals surface area contributed by atoms with Gasteiger partial charge in [0.1, 0.15) is 11.7 Å². The van der Waals surface area contributed by atoms with Gasteiger partial charge >= 0.3 is 0 Å². The van der Waals surface area contributed by atoms with Gasteiger partial charge in [0.05, 0.1) is 18.4 Å². The summed E-state index contributed by atoms with van der Waals surface area (Å²) in [5.41, 5.74) is 4.27. The number of nitrogens with zero attached hydrogens (tertiary/aromatic N) is 3. The summed E-state index contributed by atoms with van der Waals surface area (Å²) in [6.45, 7) is 4.55. The van der Waals surface area contributed by atoms with E-state index in [-0.39, 0.29) is 12.4 Å². The molecule has 0 N–H and O–H groups in total. The van der Waals surface area contributed by atoms with Crippen LogP contribution in [0.4, 0.5) is 4.39 Å². The van der Waals surface area contributed by atoms with Crippen molar-refractivity contribution in [2.75, 3.05) is 6.54 Å². The minimum Gasteiger partial charge on any atom is -0.327 e. The number of hydrogen-bond donors (Lipinski definition) is 0. The van der Waals surface area contributed by atoms with Crippen LogP contribution in [0.2, 0.25) is 0 Å². The lowest BCUT2D eigenvalue weighted by Gasteiger charge is -2.24.